The lowest BCUT2D eigenvalue weighted by molar-refractivity contribution is 0.0496. The first-order valence-electron chi connectivity index (χ1n) is 10.0. The maximum absolute atomic E-state index is 14.5. The van der Waals surface area contributed by atoms with Crippen molar-refractivity contribution in [1.82, 2.24) is 9.80 Å². The third-order valence-corrected chi connectivity index (χ3v) is 6.10. The molecule has 30 heavy (non-hydrogen) atoms. The lowest BCUT2D eigenvalue weighted by Crippen LogP contribution is -2.49. The first-order valence-corrected chi connectivity index (χ1v) is 10.8. The molecule has 1 unspecified atom stereocenters. The summed E-state index contributed by atoms with van der Waals surface area (Å²) < 4.78 is 20.2. The van der Waals surface area contributed by atoms with E-state index in [9.17, 15) is 14.0 Å². The molecule has 158 valence electrons. The zero-order valence-corrected chi connectivity index (χ0v) is 18.2. The molecular weight excluding hydrogens is 453 g/mol. The highest BCUT2D eigenvalue weighted by Gasteiger charge is 2.42. The molecule has 0 saturated carbocycles. The number of nitrogens with zero attached hydrogens (tertiary/aromatic N) is 2. The van der Waals surface area contributed by atoms with Crippen molar-refractivity contribution in [3.8, 4) is 0 Å². The number of hydrogen-bond acceptors (Lipinski definition) is 4. The van der Waals surface area contributed by atoms with Crippen LogP contribution in [0, 0.1) is 5.82 Å². The van der Waals surface area contributed by atoms with Crippen LogP contribution in [0.1, 0.15) is 41.9 Å². The summed E-state index contributed by atoms with van der Waals surface area (Å²) in [5.41, 5.74) is 1.79. The van der Waals surface area contributed by atoms with Crippen LogP contribution in [0.2, 0.25) is 0 Å². The van der Waals surface area contributed by atoms with E-state index in [0.29, 0.717) is 48.3 Å². The molecule has 4 rings (SSSR count). The highest BCUT2D eigenvalue weighted by molar-refractivity contribution is 9.10. The number of halogens is 2. The van der Waals surface area contributed by atoms with Crippen LogP contribution in [0.15, 0.2) is 46.9 Å². The predicted molar refractivity (Wildman–Crippen MR) is 115 cm³/mol. The fourth-order valence-electron chi connectivity index (χ4n) is 4.16. The predicted octanol–water partition coefficient (Wildman–Crippen LogP) is 4.78. The number of likely N-dealkylation sites (tertiary alicyclic amines) is 1. The van der Waals surface area contributed by atoms with Crippen LogP contribution in [-0.4, -0.2) is 47.5 Å². The van der Waals surface area contributed by atoms with Gasteiger partial charge in [-0.15, -0.1) is 0 Å². The van der Waals surface area contributed by atoms with Crippen LogP contribution >= 0.6 is 15.9 Å². The standard InChI is InChI=1S/C22H23BrFN3O3/c1-2-30-22(29)26-11-9-15(10-12-26)27-20(16-5-3-4-6-17(16)21(27)28)25-19-8-7-14(23)13-18(19)24/h3-8,13,15,20,25H,2,9-12H2,1H3. The van der Waals surface area contributed by atoms with Crippen LogP contribution in [-0.2, 0) is 4.74 Å². The van der Waals surface area contributed by atoms with Gasteiger partial charge in [0, 0.05) is 34.7 Å². The topological polar surface area (TPSA) is 61.9 Å². The van der Waals surface area contributed by atoms with E-state index in [4.69, 9.17) is 4.74 Å². The van der Waals surface area contributed by atoms with Gasteiger partial charge in [0.1, 0.15) is 12.0 Å². The molecule has 2 heterocycles. The van der Waals surface area contributed by atoms with Gasteiger partial charge in [0.25, 0.3) is 5.91 Å². The number of carbonyl (C=O) groups is 2. The molecule has 0 bridgehead atoms. The van der Waals surface area contributed by atoms with Gasteiger partial charge in [-0.2, -0.15) is 0 Å². The normalized spacial score (nSPS) is 19.0. The van der Waals surface area contributed by atoms with Crippen LogP contribution in [0.3, 0.4) is 0 Å². The largest absolute Gasteiger partial charge is 0.450 e. The zero-order chi connectivity index (χ0) is 21.3. The smallest absolute Gasteiger partial charge is 0.409 e. The number of piperidine rings is 1. The van der Waals surface area contributed by atoms with Gasteiger partial charge in [-0.1, -0.05) is 34.1 Å². The van der Waals surface area contributed by atoms with Crippen molar-refractivity contribution in [2.45, 2.75) is 32.0 Å². The van der Waals surface area contributed by atoms with E-state index in [-0.39, 0.29) is 18.0 Å². The second-order valence-electron chi connectivity index (χ2n) is 7.39. The Labute approximate surface area is 183 Å². The quantitative estimate of drug-likeness (QED) is 0.691. The SMILES string of the molecule is CCOC(=O)N1CCC(N2C(=O)c3ccccc3C2Nc2ccc(Br)cc2F)CC1. The molecule has 2 aliphatic rings. The van der Waals surface area contributed by atoms with Crippen LogP contribution < -0.4 is 5.32 Å². The monoisotopic (exact) mass is 475 g/mol. The Balaban J connectivity index is 1.58. The first kappa shape index (κ1) is 20.7. The number of rotatable bonds is 4. The van der Waals surface area contributed by atoms with E-state index in [1.54, 1.807) is 34.9 Å². The van der Waals surface area contributed by atoms with Gasteiger partial charge in [0.2, 0.25) is 0 Å². The van der Waals surface area contributed by atoms with Crippen LogP contribution in [0.5, 0.6) is 0 Å². The van der Waals surface area contributed by atoms with Gasteiger partial charge in [-0.05, 0) is 44.0 Å². The van der Waals surface area contributed by atoms with Gasteiger partial charge in [0.05, 0.1) is 12.3 Å². The molecule has 8 heteroatoms. The zero-order valence-electron chi connectivity index (χ0n) is 16.6. The number of anilines is 1. The summed E-state index contributed by atoms with van der Waals surface area (Å²) in [4.78, 5) is 28.7. The maximum atomic E-state index is 14.5. The lowest BCUT2D eigenvalue weighted by atomic mass is 10.0. The van der Waals surface area contributed by atoms with Crippen LogP contribution in [0.4, 0.5) is 14.9 Å². The van der Waals surface area contributed by atoms with E-state index in [1.807, 2.05) is 18.2 Å². The molecule has 0 aliphatic carbocycles. The van der Waals surface area contributed by atoms with Crippen LogP contribution in [0.25, 0.3) is 0 Å². The molecule has 2 aromatic carbocycles. The molecule has 0 spiro atoms. The minimum atomic E-state index is -0.469. The van der Waals surface area contributed by atoms with Crippen molar-refractivity contribution in [3.05, 3.63) is 63.9 Å². The molecule has 2 aliphatic heterocycles. The Kier molecular flexibility index (Phi) is 5.94. The molecular formula is C22H23BrFN3O3. The van der Waals surface area contributed by atoms with Crippen molar-refractivity contribution < 1.29 is 18.7 Å². The summed E-state index contributed by atoms with van der Waals surface area (Å²) in [7, 11) is 0. The Bertz CT molecular complexity index is 962. The summed E-state index contributed by atoms with van der Waals surface area (Å²) in [6.45, 7) is 3.15. The summed E-state index contributed by atoms with van der Waals surface area (Å²) in [6.07, 6.45) is 0.487. The van der Waals surface area contributed by atoms with Crippen molar-refractivity contribution in [1.29, 1.82) is 0 Å². The van der Waals surface area contributed by atoms with Gasteiger partial charge < -0.3 is 19.9 Å². The Hall–Kier alpha value is -2.61. The second kappa shape index (κ2) is 8.63. The minimum absolute atomic E-state index is 0.0633. The number of ether oxygens (including phenoxy) is 1. The number of nitrogens with one attached hydrogen (secondary N) is 1. The van der Waals surface area contributed by atoms with Crippen molar-refractivity contribution in [2.75, 3.05) is 25.0 Å². The number of amides is 2. The van der Waals surface area contributed by atoms with Gasteiger partial charge in [0.15, 0.2) is 0 Å². The second-order valence-corrected chi connectivity index (χ2v) is 8.30. The molecule has 2 amide bonds. The van der Waals surface area contributed by atoms with Gasteiger partial charge >= 0.3 is 6.09 Å². The maximum Gasteiger partial charge on any atom is 0.409 e. The third kappa shape index (κ3) is 3.88. The average molecular weight is 476 g/mol. The molecule has 1 saturated heterocycles. The van der Waals surface area contributed by atoms with E-state index < -0.39 is 12.0 Å². The minimum Gasteiger partial charge on any atom is -0.450 e. The molecule has 1 N–H and O–H groups in total. The molecule has 1 fully saturated rings. The fourth-order valence-corrected chi connectivity index (χ4v) is 4.49. The highest BCUT2D eigenvalue weighted by Crippen LogP contribution is 2.38. The van der Waals surface area contributed by atoms with E-state index >= 15 is 0 Å². The number of carbonyl (C=O) groups excluding carboxylic acids is 2. The lowest BCUT2D eigenvalue weighted by Gasteiger charge is -2.39. The summed E-state index contributed by atoms with van der Waals surface area (Å²) in [5, 5.41) is 3.23. The van der Waals surface area contributed by atoms with Gasteiger partial charge in [-0.3, -0.25) is 4.79 Å². The Morgan fingerprint density at radius 1 is 1.23 bits per heavy atom. The average Bonchev–Trinajstić information content (AvgIpc) is 3.02. The third-order valence-electron chi connectivity index (χ3n) is 5.61. The number of benzene rings is 2. The first-order chi connectivity index (χ1) is 14.5. The summed E-state index contributed by atoms with van der Waals surface area (Å²) >= 11 is 3.27. The molecule has 1 atom stereocenters. The van der Waals surface area contributed by atoms with E-state index in [2.05, 4.69) is 21.2 Å². The highest BCUT2D eigenvalue weighted by atomic mass is 79.9. The molecule has 0 aromatic heterocycles. The number of fused-ring (bicyclic) bond motifs is 1. The summed E-state index contributed by atoms with van der Waals surface area (Å²) in [6, 6.07) is 12.2. The van der Waals surface area contributed by atoms with Crippen molar-refractivity contribution in [3.63, 3.8) is 0 Å². The molecule has 6 nitrogen and oxygen atoms in total. The van der Waals surface area contributed by atoms with E-state index in [0.717, 1.165) is 5.56 Å². The Morgan fingerprint density at radius 3 is 2.67 bits per heavy atom. The fraction of sp³-hybridized carbons (Fsp3) is 0.364. The molecule has 2 aromatic rings. The van der Waals surface area contributed by atoms with E-state index in [1.165, 1.54) is 6.07 Å². The molecule has 0 radical (unpaired) electrons. The summed E-state index contributed by atoms with van der Waals surface area (Å²) in [5.74, 6) is -0.464. The van der Waals surface area contributed by atoms with Crippen molar-refractivity contribution in [2.24, 2.45) is 0 Å². The van der Waals surface area contributed by atoms with Gasteiger partial charge in [-0.25, -0.2) is 9.18 Å². The van der Waals surface area contributed by atoms with Crippen molar-refractivity contribution >= 4 is 33.6 Å². The number of hydrogen-bond donors (Lipinski definition) is 1. The Morgan fingerprint density at radius 2 is 1.97 bits per heavy atom.